The average Bonchev–Trinajstić information content (AvgIpc) is 2.42. The van der Waals surface area contributed by atoms with Crippen molar-refractivity contribution in [3.63, 3.8) is 0 Å². The van der Waals surface area contributed by atoms with Gasteiger partial charge in [0.05, 0.1) is 16.9 Å². The van der Waals surface area contributed by atoms with Crippen molar-refractivity contribution in [3.05, 3.63) is 54.1 Å². The van der Waals surface area contributed by atoms with Crippen molar-refractivity contribution < 1.29 is 9.90 Å². The number of hydrogen-bond acceptors (Lipinski definition) is 3. The van der Waals surface area contributed by atoms with Gasteiger partial charge in [0, 0.05) is 0 Å². The molecule has 0 bridgehead atoms. The van der Waals surface area contributed by atoms with Crippen molar-refractivity contribution in [3.8, 4) is 11.8 Å². The molecule has 0 aromatic heterocycles. The summed E-state index contributed by atoms with van der Waals surface area (Å²) in [4.78, 5) is 12.8. The molecule has 94 valence electrons. The second-order valence-corrected chi connectivity index (χ2v) is 3.79. The third-order valence-electron chi connectivity index (χ3n) is 2.61. The maximum absolute atomic E-state index is 11.6. The fraction of sp³-hybridized carbons (Fsp3) is 0. The summed E-state index contributed by atoms with van der Waals surface area (Å²) in [6, 6.07) is 14.3. The fourth-order valence-electron chi connectivity index (χ4n) is 1.76. The Balaban J connectivity index is 2.59. The SMILES string of the molecule is N#Cc1cccc(N(C(N)=O)c2ccccc2)c1O. The lowest BCUT2D eigenvalue weighted by Gasteiger charge is -2.21. The zero-order valence-electron chi connectivity index (χ0n) is 9.95. The summed E-state index contributed by atoms with van der Waals surface area (Å²) in [5.74, 6) is -0.271. The monoisotopic (exact) mass is 253 g/mol. The molecule has 2 aromatic carbocycles. The molecule has 0 unspecified atom stereocenters. The number of benzene rings is 2. The minimum absolute atomic E-state index is 0.0830. The smallest absolute Gasteiger partial charge is 0.324 e. The number of carbonyl (C=O) groups is 1. The minimum atomic E-state index is -0.739. The molecule has 0 fully saturated rings. The molecular formula is C14H11N3O2. The number of nitrogens with zero attached hydrogens (tertiary/aromatic N) is 2. The lowest BCUT2D eigenvalue weighted by molar-refractivity contribution is 0.256. The first-order valence-corrected chi connectivity index (χ1v) is 5.52. The molecule has 3 N–H and O–H groups in total. The average molecular weight is 253 g/mol. The van der Waals surface area contributed by atoms with Crippen LogP contribution in [-0.4, -0.2) is 11.1 Å². The van der Waals surface area contributed by atoms with Crippen LogP contribution < -0.4 is 10.6 Å². The lowest BCUT2D eigenvalue weighted by atomic mass is 10.1. The topological polar surface area (TPSA) is 90.4 Å². The first-order chi connectivity index (χ1) is 9.15. The van der Waals surface area contributed by atoms with E-state index in [2.05, 4.69) is 0 Å². The number of nitriles is 1. The summed E-state index contributed by atoms with van der Waals surface area (Å²) in [7, 11) is 0. The van der Waals surface area contributed by atoms with Crippen molar-refractivity contribution in [2.45, 2.75) is 0 Å². The zero-order chi connectivity index (χ0) is 13.8. The molecule has 0 aliphatic rings. The Hall–Kier alpha value is -3.00. The summed E-state index contributed by atoms with van der Waals surface area (Å²) in [6.07, 6.45) is 0. The molecule has 0 saturated heterocycles. The van der Waals surface area contributed by atoms with E-state index in [0.717, 1.165) is 4.90 Å². The van der Waals surface area contributed by atoms with Gasteiger partial charge in [0.15, 0.2) is 5.75 Å². The van der Waals surface area contributed by atoms with Crippen molar-refractivity contribution in [2.24, 2.45) is 5.73 Å². The van der Waals surface area contributed by atoms with E-state index in [4.69, 9.17) is 11.0 Å². The predicted octanol–water partition coefficient (Wildman–Crippen LogP) is 2.48. The van der Waals surface area contributed by atoms with Crippen LogP contribution in [0.3, 0.4) is 0 Å². The molecule has 0 aliphatic heterocycles. The van der Waals surface area contributed by atoms with Crippen molar-refractivity contribution >= 4 is 17.4 Å². The predicted molar refractivity (Wildman–Crippen MR) is 71.0 cm³/mol. The lowest BCUT2D eigenvalue weighted by Crippen LogP contribution is -2.31. The Labute approximate surface area is 110 Å². The Morgan fingerprint density at radius 1 is 1.16 bits per heavy atom. The van der Waals surface area contributed by atoms with Gasteiger partial charge >= 0.3 is 6.03 Å². The minimum Gasteiger partial charge on any atom is -0.504 e. The van der Waals surface area contributed by atoms with Gasteiger partial charge in [-0.25, -0.2) is 4.79 Å². The van der Waals surface area contributed by atoms with Crippen LogP contribution in [0.4, 0.5) is 16.2 Å². The number of anilines is 2. The number of urea groups is 1. The number of primary amides is 1. The van der Waals surface area contributed by atoms with Gasteiger partial charge in [-0.15, -0.1) is 0 Å². The number of para-hydroxylation sites is 2. The van der Waals surface area contributed by atoms with Gasteiger partial charge in [-0.05, 0) is 24.3 Å². The van der Waals surface area contributed by atoms with Crippen LogP contribution in [0.1, 0.15) is 5.56 Å². The summed E-state index contributed by atoms with van der Waals surface area (Å²) in [6.45, 7) is 0. The number of hydrogen-bond donors (Lipinski definition) is 2. The number of aromatic hydroxyl groups is 1. The normalized spacial score (nSPS) is 9.63. The van der Waals surface area contributed by atoms with Crippen molar-refractivity contribution in [1.82, 2.24) is 0 Å². The van der Waals surface area contributed by atoms with E-state index in [1.54, 1.807) is 36.4 Å². The molecule has 0 heterocycles. The van der Waals surface area contributed by atoms with Gasteiger partial charge < -0.3 is 10.8 Å². The maximum atomic E-state index is 11.6. The Morgan fingerprint density at radius 2 is 1.84 bits per heavy atom. The van der Waals surface area contributed by atoms with E-state index in [9.17, 15) is 9.90 Å². The zero-order valence-corrected chi connectivity index (χ0v) is 9.95. The van der Waals surface area contributed by atoms with E-state index in [0.29, 0.717) is 5.69 Å². The molecule has 2 aromatic rings. The first-order valence-electron chi connectivity index (χ1n) is 5.52. The van der Waals surface area contributed by atoms with Crippen molar-refractivity contribution in [1.29, 1.82) is 5.26 Å². The van der Waals surface area contributed by atoms with E-state index in [1.165, 1.54) is 12.1 Å². The highest BCUT2D eigenvalue weighted by Crippen LogP contribution is 2.34. The van der Waals surface area contributed by atoms with Crippen LogP contribution in [-0.2, 0) is 0 Å². The molecule has 5 heteroatoms. The molecule has 19 heavy (non-hydrogen) atoms. The van der Waals surface area contributed by atoms with E-state index in [-0.39, 0.29) is 17.0 Å². The van der Waals surface area contributed by atoms with Gasteiger partial charge in [-0.2, -0.15) is 5.26 Å². The molecule has 0 atom stereocenters. The van der Waals surface area contributed by atoms with Gasteiger partial charge in [0.1, 0.15) is 6.07 Å². The number of nitrogens with two attached hydrogens (primary N) is 1. The Morgan fingerprint density at radius 3 is 2.42 bits per heavy atom. The highest BCUT2D eigenvalue weighted by atomic mass is 16.3. The van der Waals surface area contributed by atoms with Gasteiger partial charge in [0.25, 0.3) is 0 Å². The summed E-state index contributed by atoms with van der Waals surface area (Å²) >= 11 is 0. The summed E-state index contributed by atoms with van der Waals surface area (Å²) in [5.41, 5.74) is 6.13. The van der Waals surface area contributed by atoms with Crippen LogP contribution in [0.5, 0.6) is 5.75 Å². The quantitative estimate of drug-likeness (QED) is 0.861. The van der Waals surface area contributed by atoms with Crippen LogP contribution >= 0.6 is 0 Å². The number of amides is 2. The molecule has 2 amide bonds. The van der Waals surface area contributed by atoms with Crippen molar-refractivity contribution in [2.75, 3.05) is 4.90 Å². The third kappa shape index (κ3) is 2.33. The number of phenolic OH excluding ortho intramolecular Hbond substituents is 1. The Kier molecular flexibility index (Phi) is 3.35. The van der Waals surface area contributed by atoms with Gasteiger partial charge in [0.2, 0.25) is 0 Å². The van der Waals surface area contributed by atoms with Crippen LogP contribution in [0.2, 0.25) is 0 Å². The van der Waals surface area contributed by atoms with Gasteiger partial charge in [-0.1, -0.05) is 24.3 Å². The molecule has 0 spiro atoms. The molecule has 2 rings (SSSR count). The van der Waals surface area contributed by atoms with Crippen LogP contribution in [0.25, 0.3) is 0 Å². The van der Waals surface area contributed by atoms with Gasteiger partial charge in [-0.3, -0.25) is 4.90 Å². The maximum Gasteiger partial charge on any atom is 0.324 e. The molecule has 5 nitrogen and oxygen atoms in total. The Bertz CT molecular complexity index is 647. The highest BCUT2D eigenvalue weighted by Gasteiger charge is 2.19. The molecule has 0 aliphatic carbocycles. The van der Waals surface area contributed by atoms with Crippen LogP contribution in [0.15, 0.2) is 48.5 Å². The largest absolute Gasteiger partial charge is 0.504 e. The fourth-order valence-corrected chi connectivity index (χ4v) is 1.76. The summed E-state index contributed by atoms with van der Waals surface area (Å²) in [5, 5.41) is 18.9. The number of carbonyl (C=O) groups excluding carboxylic acids is 1. The molecular weight excluding hydrogens is 242 g/mol. The number of phenols is 1. The molecule has 0 saturated carbocycles. The summed E-state index contributed by atoms with van der Waals surface area (Å²) < 4.78 is 0. The first kappa shape index (κ1) is 12.5. The van der Waals surface area contributed by atoms with E-state index in [1.807, 2.05) is 6.07 Å². The number of rotatable bonds is 2. The molecule has 0 radical (unpaired) electrons. The van der Waals surface area contributed by atoms with E-state index < -0.39 is 6.03 Å². The van der Waals surface area contributed by atoms with Crippen LogP contribution in [0, 0.1) is 11.3 Å². The second kappa shape index (κ2) is 5.10. The standard InChI is InChI=1S/C14H11N3O2/c15-9-10-5-4-8-12(13(10)18)17(14(16)19)11-6-2-1-3-7-11/h1-8,18H,(H2,16,19). The second-order valence-electron chi connectivity index (χ2n) is 3.79. The third-order valence-corrected chi connectivity index (χ3v) is 2.61. The van der Waals surface area contributed by atoms with E-state index >= 15 is 0 Å². The highest BCUT2D eigenvalue weighted by molar-refractivity contribution is 6.00.